The zero-order valence-electron chi connectivity index (χ0n) is 16.0. The van der Waals surface area contributed by atoms with Gasteiger partial charge in [0.15, 0.2) is 0 Å². The first-order valence-corrected chi connectivity index (χ1v) is 9.45. The summed E-state index contributed by atoms with van der Waals surface area (Å²) in [5.41, 5.74) is 4.35. The molecule has 0 radical (unpaired) electrons. The summed E-state index contributed by atoms with van der Waals surface area (Å²) in [7, 11) is 5.64. The molecule has 0 fully saturated rings. The van der Waals surface area contributed by atoms with Crippen LogP contribution in [0, 0.1) is 0 Å². The summed E-state index contributed by atoms with van der Waals surface area (Å²) in [6.07, 6.45) is 0. The molecule has 0 atom stereocenters. The van der Waals surface area contributed by atoms with Crippen LogP contribution in [-0.4, -0.2) is 42.7 Å². The van der Waals surface area contributed by atoms with E-state index in [1.807, 2.05) is 36.4 Å². The largest absolute Gasteiger partial charge is 0.504 e. The molecule has 0 N–H and O–H groups in total. The Morgan fingerprint density at radius 2 is 0.889 bits per heavy atom. The van der Waals surface area contributed by atoms with E-state index in [9.17, 15) is 0 Å². The first-order valence-electron chi connectivity index (χ1n) is 8.63. The van der Waals surface area contributed by atoms with Gasteiger partial charge in [-0.3, -0.25) is 0 Å². The van der Waals surface area contributed by atoms with E-state index in [-0.39, 0.29) is 0 Å². The predicted molar refractivity (Wildman–Crippen MR) is 114 cm³/mol. The first-order chi connectivity index (χ1) is 13.2. The summed E-state index contributed by atoms with van der Waals surface area (Å²) in [5, 5.41) is 0. The van der Waals surface area contributed by atoms with E-state index >= 15 is 0 Å². The van der Waals surface area contributed by atoms with E-state index in [0.717, 1.165) is 31.8 Å². The Morgan fingerprint density at radius 1 is 0.556 bits per heavy atom. The van der Waals surface area contributed by atoms with Crippen molar-refractivity contribution in [3.8, 4) is 22.3 Å². The van der Waals surface area contributed by atoms with Crippen LogP contribution in [0.15, 0.2) is 60.7 Å². The van der Waals surface area contributed by atoms with Gasteiger partial charge in [0.25, 0.3) is 0 Å². The van der Waals surface area contributed by atoms with Crippen LogP contribution in [0.3, 0.4) is 0 Å². The molecule has 0 aliphatic rings. The van der Waals surface area contributed by atoms with Crippen molar-refractivity contribution >= 4 is 35.1 Å². The highest BCUT2D eigenvalue weighted by molar-refractivity contribution is 7.31. The van der Waals surface area contributed by atoms with Crippen LogP contribution >= 0.6 is 11.3 Å². The summed E-state index contributed by atoms with van der Waals surface area (Å²) in [6, 6.07) is 20.5. The molecular weight excluding hydrogens is 358 g/mol. The molecule has 4 nitrogen and oxygen atoms in total. The van der Waals surface area contributed by atoms with Crippen molar-refractivity contribution in [1.29, 1.82) is 0 Å². The molecular formula is C20H22B2O4S. The average molecular weight is 380 g/mol. The van der Waals surface area contributed by atoms with Gasteiger partial charge < -0.3 is 18.6 Å². The molecule has 0 saturated carbocycles. The maximum atomic E-state index is 5.61. The Labute approximate surface area is 165 Å². The minimum Gasteiger partial charge on any atom is -0.410 e. The molecule has 0 aliphatic carbocycles. The van der Waals surface area contributed by atoms with Gasteiger partial charge in [-0.05, 0) is 22.3 Å². The minimum absolute atomic E-state index is 0.476. The Bertz CT molecular complexity index is 777. The zero-order chi connectivity index (χ0) is 19.2. The van der Waals surface area contributed by atoms with Crippen LogP contribution in [0.25, 0.3) is 22.3 Å². The summed E-state index contributed by atoms with van der Waals surface area (Å²) in [6.45, 7) is 0. The van der Waals surface area contributed by atoms with E-state index in [0.29, 0.717) is 0 Å². The lowest BCUT2D eigenvalue weighted by molar-refractivity contribution is 0.292. The molecule has 0 spiro atoms. The van der Waals surface area contributed by atoms with Crippen LogP contribution < -0.4 is 9.55 Å². The molecule has 0 amide bonds. The fourth-order valence-corrected chi connectivity index (χ4v) is 4.66. The maximum absolute atomic E-state index is 5.61. The first kappa shape index (κ1) is 19.9. The molecule has 0 unspecified atom stereocenters. The van der Waals surface area contributed by atoms with E-state index in [4.69, 9.17) is 18.6 Å². The van der Waals surface area contributed by atoms with Gasteiger partial charge in [0.1, 0.15) is 0 Å². The highest BCUT2D eigenvalue weighted by Crippen LogP contribution is 2.33. The summed E-state index contributed by atoms with van der Waals surface area (Å²) in [4.78, 5) is 0. The third-order valence-electron chi connectivity index (χ3n) is 4.37. The number of thiophene rings is 1. The number of hydrogen-bond acceptors (Lipinski definition) is 5. The molecule has 27 heavy (non-hydrogen) atoms. The third kappa shape index (κ3) is 4.03. The second-order valence-electron chi connectivity index (χ2n) is 5.92. The lowest BCUT2D eigenvalue weighted by Crippen LogP contribution is -2.36. The van der Waals surface area contributed by atoms with Crippen LogP contribution in [0.1, 0.15) is 0 Å². The van der Waals surface area contributed by atoms with Gasteiger partial charge in [0.2, 0.25) is 0 Å². The van der Waals surface area contributed by atoms with E-state index in [2.05, 4.69) is 24.3 Å². The van der Waals surface area contributed by atoms with Crippen LogP contribution in [0.2, 0.25) is 0 Å². The van der Waals surface area contributed by atoms with Gasteiger partial charge in [-0.2, -0.15) is 11.3 Å². The summed E-state index contributed by atoms with van der Waals surface area (Å²) < 4.78 is 24.4. The number of benzene rings is 2. The van der Waals surface area contributed by atoms with Gasteiger partial charge in [0, 0.05) is 38.0 Å². The van der Waals surface area contributed by atoms with Gasteiger partial charge in [-0.1, -0.05) is 60.7 Å². The molecule has 3 aromatic rings. The fraction of sp³-hybridized carbons (Fsp3) is 0.200. The molecule has 3 rings (SSSR count). The van der Waals surface area contributed by atoms with Crippen LogP contribution in [-0.2, 0) is 18.6 Å². The summed E-state index contributed by atoms with van der Waals surface area (Å²) >= 11 is 1.59. The van der Waals surface area contributed by atoms with Crippen molar-refractivity contribution < 1.29 is 18.6 Å². The lowest BCUT2D eigenvalue weighted by Gasteiger charge is -2.13. The van der Waals surface area contributed by atoms with Gasteiger partial charge >= 0.3 is 14.2 Å². The second kappa shape index (κ2) is 9.35. The van der Waals surface area contributed by atoms with Crippen LogP contribution in [0.4, 0.5) is 0 Å². The van der Waals surface area contributed by atoms with Crippen molar-refractivity contribution in [1.82, 2.24) is 0 Å². The predicted octanol–water partition coefficient (Wildman–Crippen LogP) is 3.06. The number of hydrogen-bond donors (Lipinski definition) is 0. The topological polar surface area (TPSA) is 36.9 Å². The molecule has 1 aromatic heterocycles. The third-order valence-corrected chi connectivity index (χ3v) is 5.61. The van der Waals surface area contributed by atoms with E-state index in [1.54, 1.807) is 39.8 Å². The standard InChI is InChI=1S/C20H22B2O4S/c1-23-21(24-2)19-17(15-11-7-5-8-12-15)18(16-13-9-6-10-14-16)20(27-19)22(25-3)26-4/h5-14H,1-4H3. The zero-order valence-corrected chi connectivity index (χ0v) is 16.8. The molecule has 138 valence electrons. The Morgan fingerprint density at radius 3 is 1.19 bits per heavy atom. The Hall–Kier alpha value is -1.89. The molecule has 7 heteroatoms. The van der Waals surface area contributed by atoms with Gasteiger partial charge in [0.05, 0.1) is 0 Å². The quantitative estimate of drug-likeness (QED) is 0.563. The van der Waals surface area contributed by atoms with Crippen molar-refractivity contribution in [3.05, 3.63) is 60.7 Å². The fourth-order valence-electron chi connectivity index (χ4n) is 3.20. The molecule has 0 bridgehead atoms. The second-order valence-corrected chi connectivity index (χ2v) is 7.00. The number of rotatable bonds is 8. The lowest BCUT2D eigenvalue weighted by atomic mass is 9.76. The van der Waals surface area contributed by atoms with Gasteiger partial charge in [-0.25, -0.2) is 0 Å². The van der Waals surface area contributed by atoms with Crippen molar-refractivity contribution in [3.63, 3.8) is 0 Å². The molecule has 0 aliphatic heterocycles. The summed E-state index contributed by atoms with van der Waals surface area (Å²) in [5.74, 6) is 0. The van der Waals surface area contributed by atoms with Crippen molar-refractivity contribution in [2.75, 3.05) is 28.4 Å². The maximum Gasteiger partial charge on any atom is 0.504 e. The average Bonchev–Trinajstić information content (AvgIpc) is 3.11. The van der Waals surface area contributed by atoms with Gasteiger partial charge in [-0.15, -0.1) is 0 Å². The minimum atomic E-state index is -0.476. The van der Waals surface area contributed by atoms with E-state index < -0.39 is 14.2 Å². The smallest absolute Gasteiger partial charge is 0.410 e. The Balaban J connectivity index is 2.36. The SMILES string of the molecule is COB(OC)c1sc(B(OC)OC)c(-c2ccccc2)c1-c1ccccc1. The van der Waals surface area contributed by atoms with E-state index in [1.165, 1.54) is 0 Å². The monoisotopic (exact) mass is 380 g/mol. The normalized spacial score (nSPS) is 10.8. The molecule has 2 aromatic carbocycles. The Kier molecular flexibility index (Phi) is 6.88. The van der Waals surface area contributed by atoms with Crippen LogP contribution in [0.5, 0.6) is 0 Å². The highest BCUT2D eigenvalue weighted by atomic mass is 32.1. The molecule has 1 heterocycles. The van der Waals surface area contributed by atoms with Crippen molar-refractivity contribution in [2.24, 2.45) is 0 Å². The molecule has 0 saturated heterocycles. The van der Waals surface area contributed by atoms with Crippen molar-refractivity contribution in [2.45, 2.75) is 0 Å². The highest BCUT2D eigenvalue weighted by Gasteiger charge is 2.35.